The van der Waals surface area contributed by atoms with E-state index in [-0.39, 0.29) is 12.1 Å². The molecule has 0 saturated carbocycles. The number of nitrogens with zero attached hydrogens (tertiary/aromatic N) is 2. The molecule has 0 spiro atoms. The first-order valence-electron chi connectivity index (χ1n) is 6.72. The summed E-state index contributed by atoms with van der Waals surface area (Å²) in [7, 11) is 0. The molecule has 1 atom stereocenters. The van der Waals surface area contributed by atoms with Gasteiger partial charge in [-0.3, -0.25) is 10.5 Å². The van der Waals surface area contributed by atoms with Gasteiger partial charge >= 0.3 is 0 Å². The van der Waals surface area contributed by atoms with Crippen LogP contribution in [-0.4, -0.2) is 9.78 Å². The highest BCUT2D eigenvalue weighted by Gasteiger charge is 2.24. The lowest BCUT2D eigenvalue weighted by Gasteiger charge is -2.24. The summed E-state index contributed by atoms with van der Waals surface area (Å²) in [4.78, 5) is 0. The first-order chi connectivity index (χ1) is 9.47. The van der Waals surface area contributed by atoms with Gasteiger partial charge in [-0.25, -0.2) is 5.43 Å². The molecule has 1 unspecified atom stereocenters. The highest BCUT2D eigenvalue weighted by Crippen LogP contribution is 2.33. The molecule has 0 fully saturated rings. The number of aryl methyl sites for hydroxylation is 2. The summed E-state index contributed by atoms with van der Waals surface area (Å²) in [6.07, 6.45) is 1.83. The molecule has 0 aliphatic rings. The molecule has 2 rings (SSSR count). The Labute approximate surface area is 128 Å². The molecule has 3 N–H and O–H groups in total. The van der Waals surface area contributed by atoms with E-state index in [1.54, 1.807) is 0 Å². The summed E-state index contributed by atoms with van der Waals surface area (Å²) in [5.41, 5.74) is 7.65. The largest absolute Gasteiger partial charge is 0.271 e. The van der Waals surface area contributed by atoms with Crippen molar-refractivity contribution in [2.45, 2.75) is 39.8 Å². The third-order valence-electron chi connectivity index (χ3n) is 3.55. The van der Waals surface area contributed by atoms with Crippen molar-refractivity contribution in [3.63, 3.8) is 0 Å². The Balaban J connectivity index is 2.62. The highest BCUT2D eigenvalue weighted by molar-refractivity contribution is 9.10. The minimum absolute atomic E-state index is 0.0875. The van der Waals surface area contributed by atoms with E-state index in [9.17, 15) is 0 Å². The maximum absolute atomic E-state index is 5.86. The smallest absolute Gasteiger partial charge is 0.0895 e. The van der Waals surface area contributed by atoms with Gasteiger partial charge in [-0.1, -0.05) is 18.2 Å². The summed E-state index contributed by atoms with van der Waals surface area (Å²) < 4.78 is 2.97. The minimum Gasteiger partial charge on any atom is -0.271 e. The number of halogens is 1. The van der Waals surface area contributed by atoms with E-state index >= 15 is 0 Å². The summed E-state index contributed by atoms with van der Waals surface area (Å²) in [5.74, 6) is 5.86. The minimum atomic E-state index is -0.0875. The normalized spacial score (nSPS) is 12.9. The standard InChI is InChI=1S/C15H21BrN4/c1-9(2)20-15(12(16)8-18-20)14(19-17)13-10(3)6-5-7-11(13)4/h5-9,14,19H,17H2,1-4H3. The van der Waals surface area contributed by atoms with Crippen LogP contribution in [0.4, 0.5) is 0 Å². The predicted molar refractivity (Wildman–Crippen MR) is 85.4 cm³/mol. The molecular weight excluding hydrogens is 316 g/mol. The topological polar surface area (TPSA) is 55.9 Å². The van der Waals surface area contributed by atoms with Crippen molar-refractivity contribution in [3.05, 3.63) is 51.3 Å². The average molecular weight is 337 g/mol. The van der Waals surface area contributed by atoms with Crippen LogP contribution in [0.15, 0.2) is 28.9 Å². The van der Waals surface area contributed by atoms with Crippen LogP contribution in [0, 0.1) is 13.8 Å². The highest BCUT2D eigenvalue weighted by atomic mass is 79.9. The number of rotatable bonds is 4. The number of hydrazine groups is 1. The van der Waals surface area contributed by atoms with E-state index in [1.807, 2.05) is 10.9 Å². The van der Waals surface area contributed by atoms with Crippen molar-refractivity contribution in [2.24, 2.45) is 5.84 Å². The van der Waals surface area contributed by atoms with E-state index in [4.69, 9.17) is 5.84 Å². The second-order valence-electron chi connectivity index (χ2n) is 5.32. The van der Waals surface area contributed by atoms with Gasteiger partial charge in [0, 0.05) is 6.04 Å². The van der Waals surface area contributed by atoms with Crippen molar-refractivity contribution < 1.29 is 0 Å². The zero-order valence-electron chi connectivity index (χ0n) is 12.3. The Morgan fingerprint density at radius 2 is 1.85 bits per heavy atom. The molecule has 0 radical (unpaired) electrons. The van der Waals surface area contributed by atoms with E-state index in [0.29, 0.717) is 0 Å². The fourth-order valence-electron chi connectivity index (χ4n) is 2.61. The number of hydrogen-bond donors (Lipinski definition) is 2. The lowest BCUT2D eigenvalue weighted by atomic mass is 9.94. The van der Waals surface area contributed by atoms with Gasteiger partial charge in [-0.15, -0.1) is 0 Å². The van der Waals surface area contributed by atoms with Crippen LogP contribution in [0.25, 0.3) is 0 Å². The van der Waals surface area contributed by atoms with E-state index in [0.717, 1.165) is 10.2 Å². The molecule has 20 heavy (non-hydrogen) atoms. The molecule has 4 nitrogen and oxygen atoms in total. The first-order valence-corrected chi connectivity index (χ1v) is 7.51. The third kappa shape index (κ3) is 2.66. The maximum atomic E-state index is 5.86. The predicted octanol–water partition coefficient (Wildman–Crippen LogP) is 3.40. The van der Waals surface area contributed by atoms with Gasteiger partial charge in [0.1, 0.15) is 0 Å². The quantitative estimate of drug-likeness (QED) is 0.664. The molecule has 0 bridgehead atoms. The molecule has 0 aliphatic heterocycles. The zero-order chi connectivity index (χ0) is 14.9. The molecule has 0 amide bonds. The van der Waals surface area contributed by atoms with E-state index in [1.165, 1.54) is 16.7 Å². The van der Waals surface area contributed by atoms with Crippen LogP contribution >= 0.6 is 15.9 Å². The lowest BCUT2D eigenvalue weighted by molar-refractivity contribution is 0.474. The number of nitrogens with two attached hydrogens (primary N) is 1. The van der Waals surface area contributed by atoms with Crippen LogP contribution in [-0.2, 0) is 0 Å². The van der Waals surface area contributed by atoms with Gasteiger partial charge in [0.2, 0.25) is 0 Å². The summed E-state index contributed by atoms with van der Waals surface area (Å²) in [5, 5.41) is 4.44. The van der Waals surface area contributed by atoms with Gasteiger partial charge in [0.15, 0.2) is 0 Å². The SMILES string of the molecule is Cc1cccc(C)c1C(NN)c1c(Br)cnn1C(C)C. The summed E-state index contributed by atoms with van der Waals surface area (Å²) in [6.45, 7) is 8.44. The van der Waals surface area contributed by atoms with Gasteiger partial charge in [0.25, 0.3) is 0 Å². The van der Waals surface area contributed by atoms with Gasteiger partial charge in [-0.05, 0) is 60.3 Å². The van der Waals surface area contributed by atoms with E-state index < -0.39 is 0 Å². The van der Waals surface area contributed by atoms with E-state index in [2.05, 4.69) is 72.3 Å². The van der Waals surface area contributed by atoms with Gasteiger partial charge in [0.05, 0.1) is 22.4 Å². The Morgan fingerprint density at radius 1 is 1.25 bits per heavy atom. The number of hydrogen-bond acceptors (Lipinski definition) is 3. The maximum Gasteiger partial charge on any atom is 0.0895 e. The number of benzene rings is 1. The zero-order valence-corrected chi connectivity index (χ0v) is 13.9. The van der Waals surface area contributed by atoms with Crippen LogP contribution in [0.1, 0.15) is 48.3 Å². The number of nitrogens with one attached hydrogen (secondary N) is 1. The van der Waals surface area contributed by atoms with Crippen LogP contribution in [0.5, 0.6) is 0 Å². The molecular formula is C15H21BrN4. The van der Waals surface area contributed by atoms with Crippen molar-refractivity contribution in [1.82, 2.24) is 15.2 Å². The van der Waals surface area contributed by atoms with Gasteiger partial charge in [-0.2, -0.15) is 5.10 Å². The van der Waals surface area contributed by atoms with Crippen molar-refractivity contribution >= 4 is 15.9 Å². The molecule has 5 heteroatoms. The summed E-state index contributed by atoms with van der Waals surface area (Å²) >= 11 is 3.59. The van der Waals surface area contributed by atoms with Gasteiger partial charge < -0.3 is 0 Å². The molecule has 0 aliphatic carbocycles. The lowest BCUT2D eigenvalue weighted by Crippen LogP contribution is -2.32. The molecule has 1 aromatic carbocycles. The first kappa shape index (κ1) is 15.2. The second kappa shape index (κ2) is 6.08. The molecule has 0 saturated heterocycles. The molecule has 1 aromatic heterocycles. The second-order valence-corrected chi connectivity index (χ2v) is 6.18. The van der Waals surface area contributed by atoms with Crippen molar-refractivity contribution in [3.8, 4) is 0 Å². The Kier molecular flexibility index (Phi) is 4.62. The number of aromatic nitrogens is 2. The summed E-state index contributed by atoms with van der Waals surface area (Å²) in [6, 6.07) is 6.47. The van der Waals surface area contributed by atoms with Crippen molar-refractivity contribution in [2.75, 3.05) is 0 Å². The fraction of sp³-hybridized carbons (Fsp3) is 0.400. The van der Waals surface area contributed by atoms with Crippen LogP contribution < -0.4 is 11.3 Å². The monoisotopic (exact) mass is 336 g/mol. The van der Waals surface area contributed by atoms with Crippen LogP contribution in [0.3, 0.4) is 0 Å². The Bertz CT molecular complexity index is 584. The molecule has 1 heterocycles. The Hall–Kier alpha value is -1.17. The average Bonchev–Trinajstić information content (AvgIpc) is 2.76. The third-order valence-corrected chi connectivity index (χ3v) is 4.16. The van der Waals surface area contributed by atoms with Crippen molar-refractivity contribution in [1.29, 1.82) is 0 Å². The van der Waals surface area contributed by atoms with Crippen LogP contribution in [0.2, 0.25) is 0 Å². The fourth-order valence-corrected chi connectivity index (χ4v) is 3.12. The molecule has 108 valence electrons. The molecule has 2 aromatic rings. The Morgan fingerprint density at radius 3 is 2.35 bits per heavy atom.